The summed E-state index contributed by atoms with van der Waals surface area (Å²) in [6, 6.07) is 5.40. The van der Waals surface area contributed by atoms with Gasteiger partial charge in [0, 0.05) is 39.4 Å². The minimum atomic E-state index is -0.652. The summed E-state index contributed by atoms with van der Waals surface area (Å²) >= 11 is 3.49. The second-order valence-corrected chi connectivity index (χ2v) is 6.59. The molecule has 3 aromatic heterocycles. The number of aromatic nitrogens is 3. The molecule has 126 valence electrons. The van der Waals surface area contributed by atoms with Gasteiger partial charge in [-0.25, -0.2) is 13.8 Å². The molecule has 4 rings (SSSR count). The van der Waals surface area contributed by atoms with Crippen LogP contribution in [0.4, 0.5) is 8.78 Å². The highest BCUT2D eigenvalue weighted by molar-refractivity contribution is 9.10. The number of hydrogen-bond donors (Lipinski definition) is 0. The molecule has 0 aliphatic rings. The SMILES string of the molecule is Cc1noc(C)c1-c1cnc2c(c1)c(Br)cn2-c1ccc(F)cc1F. The van der Waals surface area contributed by atoms with Crippen LogP contribution in [0.2, 0.25) is 0 Å². The van der Waals surface area contributed by atoms with Crippen LogP contribution in [-0.2, 0) is 0 Å². The third-order valence-corrected chi connectivity index (χ3v) is 4.72. The van der Waals surface area contributed by atoms with Crippen LogP contribution in [-0.4, -0.2) is 14.7 Å². The van der Waals surface area contributed by atoms with Crippen molar-refractivity contribution in [3.05, 3.63) is 64.2 Å². The number of rotatable bonds is 2. The van der Waals surface area contributed by atoms with Gasteiger partial charge in [-0.3, -0.25) is 4.57 Å². The first-order chi connectivity index (χ1) is 12.0. The molecule has 1 aromatic carbocycles. The second kappa shape index (κ2) is 5.77. The first kappa shape index (κ1) is 16.0. The molecule has 0 bridgehead atoms. The van der Waals surface area contributed by atoms with Gasteiger partial charge in [0.05, 0.1) is 11.4 Å². The molecule has 0 aliphatic heterocycles. The van der Waals surface area contributed by atoms with Gasteiger partial charge < -0.3 is 4.52 Å². The van der Waals surface area contributed by atoms with E-state index in [1.807, 2.05) is 19.9 Å². The number of fused-ring (bicyclic) bond motifs is 1. The lowest BCUT2D eigenvalue weighted by Gasteiger charge is -2.07. The Hall–Kier alpha value is -2.54. The average molecular weight is 404 g/mol. The van der Waals surface area contributed by atoms with Gasteiger partial charge in [-0.15, -0.1) is 0 Å². The Morgan fingerprint density at radius 3 is 2.64 bits per heavy atom. The van der Waals surface area contributed by atoms with Gasteiger partial charge >= 0.3 is 0 Å². The summed E-state index contributed by atoms with van der Waals surface area (Å²) in [5.74, 6) is -0.565. The van der Waals surface area contributed by atoms with Gasteiger partial charge in [-0.2, -0.15) is 0 Å². The molecule has 0 fully saturated rings. The van der Waals surface area contributed by atoms with Crippen LogP contribution in [0, 0.1) is 25.5 Å². The van der Waals surface area contributed by atoms with Crippen molar-refractivity contribution < 1.29 is 13.3 Å². The van der Waals surface area contributed by atoms with Crippen LogP contribution < -0.4 is 0 Å². The molecule has 0 atom stereocenters. The van der Waals surface area contributed by atoms with Crippen molar-refractivity contribution in [1.29, 1.82) is 0 Å². The molecule has 0 aliphatic carbocycles. The molecule has 0 unspecified atom stereocenters. The van der Waals surface area contributed by atoms with Gasteiger partial charge in [-0.1, -0.05) is 5.16 Å². The monoisotopic (exact) mass is 403 g/mol. The smallest absolute Gasteiger partial charge is 0.150 e. The van der Waals surface area contributed by atoms with Crippen molar-refractivity contribution in [3.63, 3.8) is 0 Å². The standard InChI is InChI=1S/C18H12BrF2N3O/c1-9-17(10(2)25-23-9)11-5-13-14(19)8-24(18(13)22-7-11)16-4-3-12(20)6-15(16)21/h3-8H,1-2H3. The molecular weight excluding hydrogens is 392 g/mol. The molecule has 0 amide bonds. The molecule has 25 heavy (non-hydrogen) atoms. The van der Waals surface area contributed by atoms with Crippen molar-refractivity contribution in [1.82, 2.24) is 14.7 Å². The fourth-order valence-electron chi connectivity index (χ4n) is 2.96. The predicted molar refractivity (Wildman–Crippen MR) is 93.7 cm³/mol. The zero-order chi connectivity index (χ0) is 17.7. The van der Waals surface area contributed by atoms with E-state index in [4.69, 9.17) is 4.52 Å². The maximum absolute atomic E-state index is 14.2. The molecule has 4 aromatic rings. The van der Waals surface area contributed by atoms with E-state index in [1.54, 1.807) is 17.0 Å². The molecule has 0 N–H and O–H groups in total. The zero-order valence-corrected chi connectivity index (χ0v) is 14.9. The number of halogens is 3. The van der Waals surface area contributed by atoms with E-state index in [0.717, 1.165) is 32.7 Å². The van der Waals surface area contributed by atoms with Crippen molar-refractivity contribution in [2.45, 2.75) is 13.8 Å². The van der Waals surface area contributed by atoms with E-state index in [9.17, 15) is 8.78 Å². The number of hydrogen-bond acceptors (Lipinski definition) is 3. The van der Waals surface area contributed by atoms with Gasteiger partial charge in [0.2, 0.25) is 0 Å². The largest absolute Gasteiger partial charge is 0.361 e. The number of nitrogens with zero attached hydrogens (tertiary/aromatic N) is 3. The van der Waals surface area contributed by atoms with E-state index in [0.29, 0.717) is 11.4 Å². The minimum absolute atomic E-state index is 0.231. The van der Waals surface area contributed by atoms with E-state index in [-0.39, 0.29) is 5.69 Å². The van der Waals surface area contributed by atoms with Gasteiger partial charge in [0.25, 0.3) is 0 Å². The van der Waals surface area contributed by atoms with Crippen molar-refractivity contribution in [2.75, 3.05) is 0 Å². The van der Waals surface area contributed by atoms with Gasteiger partial charge in [-0.05, 0) is 48.0 Å². The molecule has 0 radical (unpaired) electrons. The van der Waals surface area contributed by atoms with Crippen LogP contribution >= 0.6 is 15.9 Å². The van der Waals surface area contributed by atoms with Crippen LogP contribution in [0.15, 0.2) is 45.7 Å². The zero-order valence-electron chi connectivity index (χ0n) is 13.3. The summed E-state index contributed by atoms with van der Waals surface area (Å²) in [5, 5.41) is 4.77. The minimum Gasteiger partial charge on any atom is -0.361 e. The summed E-state index contributed by atoms with van der Waals surface area (Å²) in [5.41, 5.74) is 3.32. The van der Waals surface area contributed by atoms with Crippen molar-refractivity contribution >= 4 is 27.0 Å². The van der Waals surface area contributed by atoms with E-state index < -0.39 is 11.6 Å². The Kier molecular flexibility index (Phi) is 3.68. The lowest BCUT2D eigenvalue weighted by Crippen LogP contribution is -1.98. The highest BCUT2D eigenvalue weighted by atomic mass is 79.9. The number of aryl methyl sites for hydroxylation is 2. The molecule has 0 spiro atoms. The third kappa shape index (κ3) is 2.55. The first-order valence-corrected chi connectivity index (χ1v) is 8.30. The van der Waals surface area contributed by atoms with Crippen LogP contribution in [0.1, 0.15) is 11.5 Å². The second-order valence-electron chi connectivity index (χ2n) is 5.74. The Bertz CT molecular complexity index is 1100. The van der Waals surface area contributed by atoms with E-state index >= 15 is 0 Å². The maximum Gasteiger partial charge on any atom is 0.150 e. The lowest BCUT2D eigenvalue weighted by molar-refractivity contribution is 0.393. The predicted octanol–water partition coefficient (Wildman–Crippen LogP) is 5.34. The summed E-state index contributed by atoms with van der Waals surface area (Å²) < 4.78 is 34.9. The molecule has 3 heterocycles. The Labute approximate surface area is 150 Å². The highest BCUT2D eigenvalue weighted by Crippen LogP contribution is 2.33. The topological polar surface area (TPSA) is 43.9 Å². The normalized spacial score (nSPS) is 11.4. The Balaban J connectivity index is 1.93. The third-order valence-electron chi connectivity index (χ3n) is 4.09. The van der Waals surface area contributed by atoms with Crippen LogP contribution in [0.5, 0.6) is 0 Å². The molecule has 7 heteroatoms. The molecule has 0 saturated carbocycles. The number of benzene rings is 1. The average Bonchev–Trinajstić information content (AvgIpc) is 3.07. The Morgan fingerprint density at radius 2 is 1.96 bits per heavy atom. The lowest BCUT2D eigenvalue weighted by atomic mass is 10.1. The van der Waals surface area contributed by atoms with Gasteiger partial charge in [0.15, 0.2) is 0 Å². The summed E-state index contributed by atoms with van der Waals surface area (Å²) in [7, 11) is 0. The summed E-state index contributed by atoms with van der Waals surface area (Å²) in [4.78, 5) is 4.48. The van der Waals surface area contributed by atoms with E-state index in [1.165, 1.54) is 12.1 Å². The van der Waals surface area contributed by atoms with Gasteiger partial charge in [0.1, 0.15) is 23.0 Å². The summed E-state index contributed by atoms with van der Waals surface area (Å²) in [6.07, 6.45) is 3.41. The number of pyridine rings is 1. The van der Waals surface area contributed by atoms with Crippen molar-refractivity contribution in [2.24, 2.45) is 0 Å². The molecular formula is C18H12BrF2N3O. The fraction of sp³-hybridized carbons (Fsp3) is 0.111. The molecule has 0 saturated heterocycles. The first-order valence-electron chi connectivity index (χ1n) is 7.51. The highest BCUT2D eigenvalue weighted by Gasteiger charge is 2.17. The fourth-order valence-corrected chi connectivity index (χ4v) is 3.46. The quantitative estimate of drug-likeness (QED) is 0.453. The maximum atomic E-state index is 14.2. The van der Waals surface area contributed by atoms with E-state index in [2.05, 4.69) is 26.1 Å². The van der Waals surface area contributed by atoms with Crippen LogP contribution in [0.25, 0.3) is 27.8 Å². The van der Waals surface area contributed by atoms with Crippen LogP contribution in [0.3, 0.4) is 0 Å². The molecule has 4 nitrogen and oxygen atoms in total. The summed E-state index contributed by atoms with van der Waals surface area (Å²) in [6.45, 7) is 3.71. The Morgan fingerprint density at radius 1 is 1.16 bits per heavy atom. The van der Waals surface area contributed by atoms with Crippen molar-refractivity contribution in [3.8, 4) is 16.8 Å².